The number of fused-ring (bicyclic) bond motifs is 1. The van der Waals surface area contributed by atoms with Crippen molar-refractivity contribution < 1.29 is 0 Å². The van der Waals surface area contributed by atoms with Crippen LogP contribution >= 0.6 is 0 Å². The van der Waals surface area contributed by atoms with Gasteiger partial charge in [0.1, 0.15) is 0 Å². The van der Waals surface area contributed by atoms with Crippen molar-refractivity contribution in [2.45, 2.75) is 44.2 Å². The number of nitrogens with zero attached hydrogens (tertiary/aromatic N) is 4. The van der Waals surface area contributed by atoms with E-state index < -0.39 is 0 Å². The van der Waals surface area contributed by atoms with Gasteiger partial charge in [-0.1, -0.05) is 30.6 Å². The second-order valence-electron chi connectivity index (χ2n) is 4.51. The molecule has 84 valence electrons. The van der Waals surface area contributed by atoms with Crippen LogP contribution in [-0.2, 0) is 0 Å². The van der Waals surface area contributed by atoms with Crippen molar-refractivity contribution in [1.29, 1.82) is 0 Å². The Morgan fingerprint density at radius 3 is 2.94 bits per heavy atom. The number of hydrogen-bond acceptors (Lipinski definition) is 4. The summed E-state index contributed by atoms with van der Waals surface area (Å²) in [5.41, 5.74) is 0. The van der Waals surface area contributed by atoms with Crippen LogP contribution in [-0.4, -0.2) is 17.1 Å². The number of hydrogen-bond donors (Lipinski definition) is 0. The molecule has 2 heterocycles. The highest BCUT2D eigenvalue weighted by atomic mass is 15.6. The molecule has 0 unspecified atom stereocenters. The summed E-state index contributed by atoms with van der Waals surface area (Å²) in [4.78, 5) is 4.35. The van der Waals surface area contributed by atoms with Gasteiger partial charge in [0.05, 0.1) is 12.1 Å². The molecule has 2 aliphatic rings. The van der Waals surface area contributed by atoms with Crippen LogP contribution < -0.4 is 5.01 Å². The minimum atomic E-state index is 0.393. The molecule has 16 heavy (non-hydrogen) atoms. The lowest BCUT2D eigenvalue weighted by Gasteiger charge is -2.22. The summed E-state index contributed by atoms with van der Waals surface area (Å²) in [5.74, 6) is 0.931. The lowest BCUT2D eigenvalue weighted by molar-refractivity contribution is 0.523. The monoisotopic (exact) mass is 216 g/mol. The Balaban J connectivity index is 1.84. The normalized spacial score (nSPS) is 28.9. The van der Waals surface area contributed by atoms with Crippen LogP contribution in [0.15, 0.2) is 34.7 Å². The summed E-state index contributed by atoms with van der Waals surface area (Å²) in [7, 11) is 0. The maximum atomic E-state index is 4.39. The molecule has 1 aromatic rings. The Kier molecular flexibility index (Phi) is 2.56. The zero-order valence-electron chi connectivity index (χ0n) is 9.29. The molecular weight excluding hydrogens is 200 g/mol. The zero-order valence-corrected chi connectivity index (χ0v) is 9.29. The van der Waals surface area contributed by atoms with Crippen LogP contribution in [0.1, 0.15) is 32.1 Å². The molecule has 0 spiro atoms. The van der Waals surface area contributed by atoms with E-state index in [9.17, 15) is 0 Å². The van der Waals surface area contributed by atoms with Gasteiger partial charge in [0.15, 0.2) is 5.82 Å². The van der Waals surface area contributed by atoms with Crippen LogP contribution in [0.3, 0.4) is 0 Å². The van der Waals surface area contributed by atoms with E-state index in [2.05, 4.69) is 15.3 Å². The highest BCUT2D eigenvalue weighted by Crippen LogP contribution is 2.32. The molecule has 0 saturated heterocycles. The topological polar surface area (TPSA) is 40.9 Å². The third-order valence-electron chi connectivity index (χ3n) is 3.44. The largest absolute Gasteiger partial charge is 0.237 e. The van der Waals surface area contributed by atoms with E-state index in [0.29, 0.717) is 12.1 Å². The van der Waals surface area contributed by atoms with Gasteiger partial charge in [-0.05, 0) is 25.0 Å². The molecule has 1 aromatic heterocycles. The van der Waals surface area contributed by atoms with Gasteiger partial charge >= 0.3 is 0 Å². The first-order valence-corrected chi connectivity index (χ1v) is 6.06. The van der Waals surface area contributed by atoms with Crippen LogP contribution in [0.4, 0.5) is 5.82 Å². The Hall–Kier alpha value is -1.45. The van der Waals surface area contributed by atoms with Gasteiger partial charge in [0.2, 0.25) is 0 Å². The van der Waals surface area contributed by atoms with E-state index in [1.165, 1.54) is 32.1 Å². The zero-order chi connectivity index (χ0) is 10.8. The van der Waals surface area contributed by atoms with Gasteiger partial charge in [-0.25, -0.2) is 9.99 Å². The Bertz CT molecular complexity index is 376. The molecule has 0 aromatic carbocycles. The van der Waals surface area contributed by atoms with Gasteiger partial charge in [-0.15, -0.1) is 0 Å². The van der Waals surface area contributed by atoms with Gasteiger partial charge in [-0.3, -0.25) is 0 Å². The molecule has 2 atom stereocenters. The molecule has 1 fully saturated rings. The first kappa shape index (κ1) is 9.75. The highest BCUT2D eigenvalue weighted by molar-refractivity contribution is 5.39. The molecule has 0 amide bonds. The van der Waals surface area contributed by atoms with Crippen LogP contribution in [0.25, 0.3) is 0 Å². The number of anilines is 1. The predicted molar refractivity (Wildman–Crippen MR) is 62.2 cm³/mol. The average Bonchev–Trinajstić information content (AvgIpc) is 2.60. The van der Waals surface area contributed by atoms with E-state index in [-0.39, 0.29) is 0 Å². The van der Waals surface area contributed by atoms with Gasteiger partial charge in [0, 0.05) is 6.20 Å². The van der Waals surface area contributed by atoms with E-state index in [0.717, 1.165) is 5.82 Å². The van der Waals surface area contributed by atoms with E-state index in [1.54, 1.807) is 0 Å². The standard InChI is InChI=1S/C12H16N4/c1-2-6-10-11(7-3-1)16(15-14-10)12-8-4-5-9-13-12/h4-5,8-11H,1-3,6-7H2/t10-,11+/m0/s1. The van der Waals surface area contributed by atoms with Crippen molar-refractivity contribution in [1.82, 2.24) is 4.98 Å². The summed E-state index contributed by atoms with van der Waals surface area (Å²) in [6.45, 7) is 0. The Morgan fingerprint density at radius 1 is 1.12 bits per heavy atom. The smallest absolute Gasteiger partial charge is 0.150 e. The maximum absolute atomic E-state index is 4.39. The van der Waals surface area contributed by atoms with Gasteiger partial charge in [-0.2, -0.15) is 5.11 Å². The summed E-state index contributed by atoms with van der Waals surface area (Å²) in [6, 6.07) is 6.78. The summed E-state index contributed by atoms with van der Waals surface area (Å²) >= 11 is 0. The van der Waals surface area contributed by atoms with E-state index in [1.807, 2.05) is 29.4 Å². The van der Waals surface area contributed by atoms with E-state index >= 15 is 0 Å². The molecule has 4 heteroatoms. The van der Waals surface area contributed by atoms with Crippen molar-refractivity contribution in [2.75, 3.05) is 5.01 Å². The molecule has 0 bridgehead atoms. The third-order valence-corrected chi connectivity index (χ3v) is 3.44. The number of aromatic nitrogens is 1. The average molecular weight is 216 g/mol. The molecule has 0 radical (unpaired) electrons. The quantitative estimate of drug-likeness (QED) is 0.724. The fraction of sp³-hybridized carbons (Fsp3) is 0.583. The van der Waals surface area contributed by atoms with Crippen molar-refractivity contribution in [3.63, 3.8) is 0 Å². The molecular formula is C12H16N4. The minimum Gasteiger partial charge on any atom is -0.237 e. The minimum absolute atomic E-state index is 0.393. The van der Waals surface area contributed by atoms with E-state index in [4.69, 9.17) is 0 Å². The Morgan fingerprint density at radius 2 is 2.06 bits per heavy atom. The summed E-state index contributed by atoms with van der Waals surface area (Å²) < 4.78 is 0. The predicted octanol–water partition coefficient (Wildman–Crippen LogP) is 2.97. The summed E-state index contributed by atoms with van der Waals surface area (Å²) in [6.07, 6.45) is 8.09. The lowest BCUT2D eigenvalue weighted by Crippen LogP contribution is -2.34. The first-order valence-electron chi connectivity index (χ1n) is 6.06. The molecule has 1 aliphatic heterocycles. The summed E-state index contributed by atoms with van der Waals surface area (Å²) in [5, 5.41) is 10.7. The fourth-order valence-electron chi connectivity index (χ4n) is 2.58. The molecule has 4 nitrogen and oxygen atoms in total. The first-order chi connectivity index (χ1) is 7.95. The van der Waals surface area contributed by atoms with Gasteiger partial charge < -0.3 is 0 Å². The van der Waals surface area contributed by atoms with Crippen LogP contribution in [0.2, 0.25) is 0 Å². The lowest BCUT2D eigenvalue weighted by atomic mass is 10.0. The van der Waals surface area contributed by atoms with Crippen molar-refractivity contribution in [2.24, 2.45) is 10.3 Å². The second kappa shape index (κ2) is 4.20. The molecule has 3 rings (SSSR count). The maximum Gasteiger partial charge on any atom is 0.150 e. The number of pyridine rings is 1. The number of rotatable bonds is 1. The second-order valence-corrected chi connectivity index (χ2v) is 4.51. The van der Waals surface area contributed by atoms with Crippen LogP contribution in [0, 0.1) is 0 Å². The fourth-order valence-corrected chi connectivity index (χ4v) is 2.58. The molecule has 0 N–H and O–H groups in total. The highest BCUT2D eigenvalue weighted by Gasteiger charge is 2.34. The molecule has 1 saturated carbocycles. The Labute approximate surface area is 95.4 Å². The van der Waals surface area contributed by atoms with Gasteiger partial charge in [0.25, 0.3) is 0 Å². The SMILES string of the molecule is c1ccc(N2N=N[C@H]3CCCCC[C@H]32)nc1. The van der Waals surface area contributed by atoms with Crippen molar-refractivity contribution in [3.8, 4) is 0 Å². The van der Waals surface area contributed by atoms with Crippen molar-refractivity contribution in [3.05, 3.63) is 24.4 Å². The molecule has 1 aliphatic carbocycles. The third kappa shape index (κ3) is 1.68. The van der Waals surface area contributed by atoms with Crippen LogP contribution in [0.5, 0.6) is 0 Å². The van der Waals surface area contributed by atoms with Crippen molar-refractivity contribution >= 4 is 5.82 Å².